The normalized spacial score (nSPS) is 11.9. The predicted octanol–water partition coefficient (Wildman–Crippen LogP) is 4.69. The molecule has 0 aromatic carbocycles. The third kappa shape index (κ3) is 37.6. The molecule has 0 aliphatic rings. The van der Waals surface area contributed by atoms with Gasteiger partial charge in [-0.25, -0.2) is 0 Å². The first-order valence-corrected chi connectivity index (χ1v) is 16.7. The summed E-state index contributed by atoms with van der Waals surface area (Å²) < 4.78 is 67.7. The van der Waals surface area contributed by atoms with E-state index in [0.717, 1.165) is 13.0 Å². The standard InChI is InChI=1S/C28H58O10S/c1-2-3-4-5-6-7-8-9-10-11-12-14-32-16-18-34-20-22-36-24-26-38-27-25-37-23-21-35-19-17-33-15-13-28-39(29,30)31/h2-28H2,1H3,(H,29,30,31). The van der Waals surface area contributed by atoms with Gasteiger partial charge in [0, 0.05) is 13.2 Å². The van der Waals surface area contributed by atoms with Crippen molar-refractivity contribution < 1.29 is 46.1 Å². The highest BCUT2D eigenvalue weighted by atomic mass is 32.2. The van der Waals surface area contributed by atoms with E-state index in [-0.39, 0.29) is 18.8 Å². The molecule has 0 atom stereocenters. The van der Waals surface area contributed by atoms with Crippen molar-refractivity contribution in [3.8, 4) is 0 Å². The Kier molecular flexibility index (Phi) is 31.8. The summed E-state index contributed by atoms with van der Waals surface area (Å²) in [6, 6.07) is 0. The van der Waals surface area contributed by atoms with Crippen molar-refractivity contribution in [1.82, 2.24) is 0 Å². The monoisotopic (exact) mass is 586 g/mol. The molecular formula is C28H58O10S. The van der Waals surface area contributed by atoms with Crippen LogP contribution in [0.4, 0.5) is 0 Å². The molecule has 236 valence electrons. The Morgan fingerprint density at radius 2 is 0.641 bits per heavy atom. The van der Waals surface area contributed by atoms with Crippen molar-refractivity contribution in [2.75, 3.05) is 98.2 Å². The molecule has 0 bridgehead atoms. The van der Waals surface area contributed by atoms with Crippen molar-refractivity contribution in [1.29, 1.82) is 0 Å². The van der Waals surface area contributed by atoms with Crippen molar-refractivity contribution in [3.63, 3.8) is 0 Å². The Morgan fingerprint density at radius 1 is 0.385 bits per heavy atom. The van der Waals surface area contributed by atoms with Gasteiger partial charge in [0.1, 0.15) is 0 Å². The highest BCUT2D eigenvalue weighted by Gasteiger charge is 2.03. The average Bonchev–Trinajstić information content (AvgIpc) is 2.90. The lowest BCUT2D eigenvalue weighted by atomic mass is 10.1. The predicted molar refractivity (Wildman–Crippen MR) is 153 cm³/mol. The van der Waals surface area contributed by atoms with E-state index in [1.807, 2.05) is 0 Å². The minimum Gasteiger partial charge on any atom is -0.379 e. The van der Waals surface area contributed by atoms with E-state index < -0.39 is 10.1 Å². The lowest BCUT2D eigenvalue weighted by molar-refractivity contribution is -0.0205. The number of unbranched alkanes of at least 4 members (excludes halogenated alkanes) is 10. The molecule has 39 heavy (non-hydrogen) atoms. The molecule has 0 fully saturated rings. The Hall–Kier alpha value is -0.370. The zero-order valence-corrected chi connectivity index (χ0v) is 25.4. The van der Waals surface area contributed by atoms with Crippen LogP contribution >= 0.6 is 0 Å². The molecule has 0 aliphatic heterocycles. The lowest BCUT2D eigenvalue weighted by Gasteiger charge is -2.08. The van der Waals surface area contributed by atoms with Crippen LogP contribution in [-0.4, -0.2) is 111 Å². The van der Waals surface area contributed by atoms with Crippen LogP contribution in [0.3, 0.4) is 0 Å². The number of ether oxygens (including phenoxy) is 7. The third-order valence-corrected chi connectivity index (χ3v) is 6.62. The molecule has 0 spiro atoms. The van der Waals surface area contributed by atoms with E-state index in [1.54, 1.807) is 0 Å². The van der Waals surface area contributed by atoms with Gasteiger partial charge in [-0.05, 0) is 12.8 Å². The van der Waals surface area contributed by atoms with E-state index in [9.17, 15) is 8.42 Å². The fourth-order valence-corrected chi connectivity index (χ4v) is 4.12. The maximum atomic E-state index is 10.5. The summed E-state index contributed by atoms with van der Waals surface area (Å²) in [5, 5.41) is 0. The zero-order valence-electron chi connectivity index (χ0n) is 24.6. The first-order chi connectivity index (χ1) is 19.1. The Bertz CT molecular complexity index is 563. The van der Waals surface area contributed by atoms with Gasteiger partial charge in [-0.2, -0.15) is 8.42 Å². The minimum absolute atomic E-state index is 0.260. The molecule has 0 aliphatic carbocycles. The molecule has 0 saturated carbocycles. The third-order valence-electron chi connectivity index (χ3n) is 5.82. The molecule has 0 saturated heterocycles. The number of hydrogen-bond donors (Lipinski definition) is 1. The molecule has 0 unspecified atom stereocenters. The fraction of sp³-hybridized carbons (Fsp3) is 1.00. The summed E-state index contributed by atoms with van der Waals surface area (Å²) in [4.78, 5) is 0. The average molecular weight is 587 g/mol. The van der Waals surface area contributed by atoms with Gasteiger partial charge in [0.05, 0.1) is 85.0 Å². The lowest BCUT2D eigenvalue weighted by Crippen LogP contribution is -2.14. The topological polar surface area (TPSA) is 119 Å². The van der Waals surface area contributed by atoms with Gasteiger partial charge in [-0.3, -0.25) is 4.55 Å². The Labute approximate surface area is 238 Å². The highest BCUT2D eigenvalue weighted by Crippen LogP contribution is 2.11. The maximum Gasteiger partial charge on any atom is 0.264 e. The van der Waals surface area contributed by atoms with Gasteiger partial charge in [0.2, 0.25) is 0 Å². The fourth-order valence-electron chi connectivity index (χ4n) is 3.63. The summed E-state index contributed by atoms with van der Waals surface area (Å²) >= 11 is 0. The van der Waals surface area contributed by atoms with E-state index >= 15 is 0 Å². The van der Waals surface area contributed by atoms with Crippen LogP contribution in [0.25, 0.3) is 0 Å². The van der Waals surface area contributed by atoms with Crippen LogP contribution < -0.4 is 0 Å². The number of rotatable bonds is 34. The van der Waals surface area contributed by atoms with Gasteiger partial charge >= 0.3 is 0 Å². The molecule has 0 radical (unpaired) electrons. The van der Waals surface area contributed by atoms with Crippen LogP contribution in [0.5, 0.6) is 0 Å². The summed E-state index contributed by atoms with van der Waals surface area (Å²) in [6.45, 7) is 9.38. The largest absolute Gasteiger partial charge is 0.379 e. The van der Waals surface area contributed by atoms with Crippen LogP contribution in [0.2, 0.25) is 0 Å². The molecular weight excluding hydrogens is 528 g/mol. The van der Waals surface area contributed by atoms with Crippen LogP contribution in [-0.2, 0) is 43.3 Å². The molecule has 0 heterocycles. The second-order valence-corrected chi connectivity index (χ2v) is 11.0. The van der Waals surface area contributed by atoms with Crippen molar-refractivity contribution in [3.05, 3.63) is 0 Å². The van der Waals surface area contributed by atoms with Crippen LogP contribution in [0.15, 0.2) is 0 Å². The molecule has 0 amide bonds. The highest BCUT2D eigenvalue weighted by molar-refractivity contribution is 7.85. The molecule has 1 N–H and O–H groups in total. The van der Waals surface area contributed by atoms with E-state index in [4.69, 9.17) is 37.7 Å². The second kappa shape index (κ2) is 32.1. The van der Waals surface area contributed by atoms with Gasteiger partial charge in [0.25, 0.3) is 10.1 Å². The Balaban J connectivity index is 3.05. The molecule has 0 aromatic heterocycles. The summed E-state index contributed by atoms with van der Waals surface area (Å²) in [5.74, 6) is -0.292. The summed E-state index contributed by atoms with van der Waals surface area (Å²) in [6.07, 6.45) is 15.1. The first-order valence-electron chi connectivity index (χ1n) is 15.1. The van der Waals surface area contributed by atoms with Crippen molar-refractivity contribution in [2.45, 2.75) is 84.0 Å². The second-order valence-electron chi connectivity index (χ2n) is 9.46. The Morgan fingerprint density at radius 3 is 0.949 bits per heavy atom. The maximum absolute atomic E-state index is 10.5. The van der Waals surface area contributed by atoms with Gasteiger partial charge in [0.15, 0.2) is 0 Å². The van der Waals surface area contributed by atoms with Gasteiger partial charge < -0.3 is 33.2 Å². The first kappa shape index (κ1) is 38.6. The SMILES string of the molecule is CCCCCCCCCCCCCOCCOCCOCCOCCOCCOCCOCCCS(=O)(=O)O. The minimum atomic E-state index is -3.91. The van der Waals surface area contributed by atoms with Crippen LogP contribution in [0.1, 0.15) is 84.0 Å². The quantitative estimate of drug-likeness (QED) is 0.0840. The smallest absolute Gasteiger partial charge is 0.264 e. The van der Waals surface area contributed by atoms with E-state index in [2.05, 4.69) is 6.92 Å². The molecule has 0 rings (SSSR count). The van der Waals surface area contributed by atoms with Crippen molar-refractivity contribution >= 4 is 10.1 Å². The zero-order chi connectivity index (χ0) is 28.5. The molecule has 10 nitrogen and oxygen atoms in total. The number of hydrogen-bond acceptors (Lipinski definition) is 9. The molecule has 0 aromatic rings. The van der Waals surface area contributed by atoms with Crippen LogP contribution in [0, 0.1) is 0 Å². The van der Waals surface area contributed by atoms with Gasteiger partial charge in [-0.15, -0.1) is 0 Å². The van der Waals surface area contributed by atoms with Crippen molar-refractivity contribution in [2.24, 2.45) is 0 Å². The molecule has 11 heteroatoms. The van der Waals surface area contributed by atoms with E-state index in [0.29, 0.717) is 79.3 Å². The van der Waals surface area contributed by atoms with Gasteiger partial charge in [-0.1, -0.05) is 71.1 Å². The summed E-state index contributed by atoms with van der Waals surface area (Å²) in [5.41, 5.74) is 0. The van der Waals surface area contributed by atoms with E-state index in [1.165, 1.54) is 64.2 Å². The summed E-state index contributed by atoms with van der Waals surface area (Å²) in [7, 11) is -3.91.